The summed E-state index contributed by atoms with van der Waals surface area (Å²) in [5.41, 5.74) is 1.90. The highest BCUT2D eigenvalue weighted by Gasteiger charge is 2.19. The second kappa shape index (κ2) is 10.9. The third-order valence-corrected chi connectivity index (χ3v) is 6.01. The first kappa shape index (κ1) is 22.8. The second-order valence-electron chi connectivity index (χ2n) is 7.19. The molecule has 0 aliphatic carbocycles. The van der Waals surface area contributed by atoms with Gasteiger partial charge in [0.25, 0.3) is 0 Å². The van der Waals surface area contributed by atoms with Crippen LogP contribution in [-0.4, -0.2) is 38.9 Å². The molecule has 31 heavy (non-hydrogen) atoms. The minimum absolute atomic E-state index is 0.00707. The quantitative estimate of drug-likeness (QED) is 0.246. The molecule has 0 bridgehead atoms. The molecule has 8 heteroatoms. The Hall–Kier alpha value is -2.87. The third-order valence-electron chi connectivity index (χ3n) is 5.04. The van der Waals surface area contributed by atoms with Gasteiger partial charge in [-0.2, -0.15) is 0 Å². The topological polar surface area (TPSA) is 87.2 Å². The van der Waals surface area contributed by atoms with Gasteiger partial charge >= 0.3 is 5.97 Å². The lowest BCUT2D eigenvalue weighted by Gasteiger charge is -2.10. The zero-order valence-corrected chi connectivity index (χ0v) is 18.9. The SMILES string of the molecule is CCOC(=O)Cc1nnc(SCC(=O)c2ccc(C(C)CC)cc2)n1Cc1ccco1. The maximum atomic E-state index is 12.7. The minimum atomic E-state index is -0.371. The van der Waals surface area contributed by atoms with Crippen molar-refractivity contribution in [1.82, 2.24) is 14.8 Å². The van der Waals surface area contributed by atoms with E-state index >= 15 is 0 Å². The van der Waals surface area contributed by atoms with Gasteiger partial charge in [-0.15, -0.1) is 10.2 Å². The molecule has 0 radical (unpaired) electrons. The number of furan rings is 1. The largest absolute Gasteiger partial charge is 0.467 e. The van der Waals surface area contributed by atoms with Crippen molar-refractivity contribution in [1.29, 1.82) is 0 Å². The zero-order chi connectivity index (χ0) is 22.2. The van der Waals surface area contributed by atoms with Gasteiger partial charge in [0.05, 0.1) is 25.2 Å². The Bertz CT molecular complexity index is 997. The first-order chi connectivity index (χ1) is 15.0. The molecule has 1 atom stereocenters. The van der Waals surface area contributed by atoms with E-state index in [0.29, 0.717) is 41.4 Å². The summed E-state index contributed by atoms with van der Waals surface area (Å²) in [6, 6.07) is 11.4. The molecule has 164 valence electrons. The molecule has 2 aromatic heterocycles. The van der Waals surface area contributed by atoms with Crippen LogP contribution in [0.4, 0.5) is 0 Å². The van der Waals surface area contributed by atoms with Crippen LogP contribution in [0, 0.1) is 0 Å². The summed E-state index contributed by atoms with van der Waals surface area (Å²) in [5.74, 6) is 1.51. The number of aromatic nitrogens is 3. The Morgan fingerprint density at radius 2 is 1.94 bits per heavy atom. The smallest absolute Gasteiger partial charge is 0.313 e. The van der Waals surface area contributed by atoms with Crippen LogP contribution >= 0.6 is 11.8 Å². The van der Waals surface area contributed by atoms with Crippen LogP contribution in [0.2, 0.25) is 0 Å². The van der Waals surface area contributed by atoms with Crippen molar-refractivity contribution in [2.24, 2.45) is 0 Å². The zero-order valence-electron chi connectivity index (χ0n) is 18.0. The van der Waals surface area contributed by atoms with Crippen molar-refractivity contribution in [3.63, 3.8) is 0 Å². The van der Waals surface area contributed by atoms with Crippen molar-refractivity contribution < 1.29 is 18.7 Å². The fourth-order valence-corrected chi connectivity index (χ4v) is 3.91. The van der Waals surface area contributed by atoms with E-state index in [1.807, 2.05) is 30.3 Å². The summed E-state index contributed by atoms with van der Waals surface area (Å²) in [6.45, 7) is 6.75. The Balaban J connectivity index is 1.71. The van der Waals surface area contributed by atoms with Crippen LogP contribution in [0.1, 0.15) is 60.6 Å². The third kappa shape index (κ3) is 6.07. The minimum Gasteiger partial charge on any atom is -0.467 e. The molecular weight excluding hydrogens is 414 g/mol. The molecular formula is C23H27N3O4S. The van der Waals surface area contributed by atoms with E-state index in [1.165, 1.54) is 17.3 Å². The van der Waals surface area contributed by atoms with Crippen LogP contribution in [-0.2, 0) is 22.5 Å². The molecule has 2 heterocycles. The monoisotopic (exact) mass is 441 g/mol. The Kier molecular flexibility index (Phi) is 8.06. The van der Waals surface area contributed by atoms with Crippen LogP contribution in [0.15, 0.2) is 52.2 Å². The van der Waals surface area contributed by atoms with Crippen LogP contribution in [0.3, 0.4) is 0 Å². The number of hydrogen-bond acceptors (Lipinski definition) is 7. The van der Waals surface area contributed by atoms with Gasteiger partial charge in [0.2, 0.25) is 0 Å². The predicted molar refractivity (Wildman–Crippen MR) is 118 cm³/mol. The van der Waals surface area contributed by atoms with Crippen molar-refractivity contribution in [2.75, 3.05) is 12.4 Å². The Labute approximate surface area is 186 Å². The van der Waals surface area contributed by atoms with Gasteiger partial charge in [-0.05, 0) is 37.0 Å². The van der Waals surface area contributed by atoms with Gasteiger partial charge < -0.3 is 9.15 Å². The molecule has 1 aromatic carbocycles. The van der Waals surface area contributed by atoms with Crippen LogP contribution in [0.25, 0.3) is 0 Å². The van der Waals surface area contributed by atoms with Crippen molar-refractivity contribution in [3.8, 4) is 0 Å². The molecule has 3 aromatic rings. The van der Waals surface area contributed by atoms with Gasteiger partial charge in [0.1, 0.15) is 18.0 Å². The molecule has 0 spiro atoms. The van der Waals surface area contributed by atoms with Crippen LogP contribution < -0.4 is 0 Å². The maximum Gasteiger partial charge on any atom is 0.313 e. The maximum absolute atomic E-state index is 12.7. The summed E-state index contributed by atoms with van der Waals surface area (Å²) >= 11 is 1.29. The molecule has 0 saturated heterocycles. The Morgan fingerprint density at radius 3 is 2.58 bits per heavy atom. The summed E-state index contributed by atoms with van der Waals surface area (Å²) < 4.78 is 12.3. The number of benzene rings is 1. The molecule has 0 fully saturated rings. The first-order valence-corrected chi connectivity index (χ1v) is 11.4. The molecule has 0 amide bonds. The Morgan fingerprint density at radius 1 is 1.16 bits per heavy atom. The average molecular weight is 442 g/mol. The average Bonchev–Trinajstić information content (AvgIpc) is 3.42. The number of carbonyl (C=O) groups excluding carboxylic acids is 2. The number of ketones is 1. The highest BCUT2D eigenvalue weighted by Crippen LogP contribution is 2.23. The fraction of sp³-hybridized carbons (Fsp3) is 0.391. The lowest BCUT2D eigenvalue weighted by Crippen LogP contribution is -2.14. The number of esters is 1. The summed E-state index contributed by atoms with van der Waals surface area (Å²) in [5, 5.41) is 8.90. The van der Waals surface area contributed by atoms with Crippen molar-refractivity contribution in [3.05, 3.63) is 65.4 Å². The van der Waals surface area contributed by atoms with E-state index in [4.69, 9.17) is 9.15 Å². The van der Waals surface area contributed by atoms with E-state index in [-0.39, 0.29) is 23.9 Å². The van der Waals surface area contributed by atoms with Gasteiger partial charge in [-0.1, -0.05) is 49.9 Å². The lowest BCUT2D eigenvalue weighted by atomic mass is 9.97. The van der Waals surface area contributed by atoms with E-state index in [2.05, 4.69) is 24.0 Å². The molecule has 0 N–H and O–H groups in total. The van der Waals surface area contributed by atoms with E-state index < -0.39 is 0 Å². The van der Waals surface area contributed by atoms with Crippen LogP contribution in [0.5, 0.6) is 0 Å². The summed E-state index contributed by atoms with van der Waals surface area (Å²) in [6.07, 6.45) is 2.65. The number of nitrogens with zero attached hydrogens (tertiary/aromatic N) is 3. The fourth-order valence-electron chi connectivity index (χ4n) is 3.06. The number of thioether (sulfide) groups is 1. The van der Waals surface area contributed by atoms with Gasteiger partial charge in [0.15, 0.2) is 10.9 Å². The van der Waals surface area contributed by atoms with E-state index in [0.717, 1.165) is 6.42 Å². The second-order valence-corrected chi connectivity index (χ2v) is 8.13. The highest BCUT2D eigenvalue weighted by molar-refractivity contribution is 7.99. The number of rotatable bonds is 11. The molecule has 3 rings (SSSR count). The standard InChI is InChI=1S/C23H27N3O4S/c1-4-16(3)17-8-10-18(11-9-17)20(27)15-31-23-25-24-21(13-22(28)29-5-2)26(23)14-19-7-6-12-30-19/h6-12,16H,4-5,13-15H2,1-3H3. The molecule has 1 unspecified atom stereocenters. The lowest BCUT2D eigenvalue weighted by molar-refractivity contribution is -0.142. The molecule has 0 aliphatic heterocycles. The normalized spacial score (nSPS) is 12.0. The van der Waals surface area contributed by atoms with E-state index in [1.54, 1.807) is 23.8 Å². The molecule has 7 nitrogen and oxygen atoms in total. The van der Waals surface area contributed by atoms with Crippen molar-refractivity contribution >= 4 is 23.5 Å². The van der Waals surface area contributed by atoms with Gasteiger partial charge in [-0.25, -0.2) is 0 Å². The van der Waals surface area contributed by atoms with Crippen molar-refractivity contribution in [2.45, 2.75) is 51.2 Å². The number of hydrogen-bond donors (Lipinski definition) is 0. The summed E-state index contributed by atoms with van der Waals surface area (Å²) in [7, 11) is 0. The molecule has 0 saturated carbocycles. The predicted octanol–water partition coefficient (Wildman–Crippen LogP) is 4.51. The molecule has 0 aliphatic rings. The van der Waals surface area contributed by atoms with Gasteiger partial charge in [0, 0.05) is 5.56 Å². The summed E-state index contributed by atoms with van der Waals surface area (Å²) in [4.78, 5) is 24.6. The number of Topliss-reactive ketones (excluding diaryl/α,β-unsaturated/α-hetero) is 1. The van der Waals surface area contributed by atoms with Gasteiger partial charge in [-0.3, -0.25) is 14.2 Å². The number of ether oxygens (including phenoxy) is 1. The van der Waals surface area contributed by atoms with E-state index in [9.17, 15) is 9.59 Å². The highest BCUT2D eigenvalue weighted by atomic mass is 32.2. The number of carbonyl (C=O) groups is 2. The first-order valence-electron chi connectivity index (χ1n) is 10.4.